The zero-order chi connectivity index (χ0) is 14.0. The molecule has 0 bridgehead atoms. The van der Waals surface area contributed by atoms with Crippen molar-refractivity contribution in [2.45, 2.75) is 26.4 Å². The van der Waals surface area contributed by atoms with Crippen molar-refractivity contribution < 1.29 is 14.6 Å². The summed E-state index contributed by atoms with van der Waals surface area (Å²) in [5.74, 6) is 0.627. The summed E-state index contributed by atoms with van der Waals surface area (Å²) in [7, 11) is 0. The lowest BCUT2D eigenvalue weighted by molar-refractivity contribution is -0.125. The van der Waals surface area contributed by atoms with Gasteiger partial charge in [0.25, 0.3) is 5.91 Å². The largest absolute Gasteiger partial charge is 0.479 e. The SMILES string of the molecule is CCC(CO)CN1C(=O)C(C)Oc2ccc(N)cc21. The van der Waals surface area contributed by atoms with E-state index in [-0.39, 0.29) is 18.4 Å². The molecule has 0 spiro atoms. The molecule has 2 atom stereocenters. The van der Waals surface area contributed by atoms with Crippen LogP contribution >= 0.6 is 0 Å². The molecular formula is C14H20N2O3. The second kappa shape index (κ2) is 5.48. The molecule has 1 amide bonds. The number of aliphatic hydroxyl groups is 1. The number of hydrogen-bond donors (Lipinski definition) is 2. The summed E-state index contributed by atoms with van der Waals surface area (Å²) in [6.07, 6.45) is 0.306. The van der Waals surface area contributed by atoms with Crippen molar-refractivity contribution in [1.82, 2.24) is 0 Å². The van der Waals surface area contributed by atoms with Crippen LogP contribution in [0.1, 0.15) is 20.3 Å². The molecule has 1 aromatic rings. The van der Waals surface area contributed by atoms with Crippen LogP contribution in [0.3, 0.4) is 0 Å². The molecule has 19 heavy (non-hydrogen) atoms. The molecule has 1 aromatic carbocycles. The molecule has 3 N–H and O–H groups in total. The lowest BCUT2D eigenvalue weighted by atomic mass is 10.1. The van der Waals surface area contributed by atoms with Crippen LogP contribution in [-0.4, -0.2) is 30.3 Å². The lowest BCUT2D eigenvalue weighted by Crippen LogP contribution is -2.46. The number of hydrogen-bond acceptors (Lipinski definition) is 4. The Bertz CT molecular complexity index is 472. The molecule has 0 saturated carbocycles. The van der Waals surface area contributed by atoms with E-state index >= 15 is 0 Å². The fourth-order valence-electron chi connectivity index (χ4n) is 2.19. The summed E-state index contributed by atoms with van der Waals surface area (Å²) in [4.78, 5) is 13.9. The molecule has 104 valence electrons. The Morgan fingerprint density at radius 2 is 2.26 bits per heavy atom. The highest BCUT2D eigenvalue weighted by molar-refractivity contribution is 6.00. The summed E-state index contributed by atoms with van der Waals surface area (Å²) in [5, 5.41) is 9.32. The first-order chi connectivity index (χ1) is 9.06. The monoisotopic (exact) mass is 264 g/mol. The number of rotatable bonds is 4. The highest BCUT2D eigenvalue weighted by Crippen LogP contribution is 2.36. The zero-order valence-electron chi connectivity index (χ0n) is 11.3. The Labute approximate surface area is 113 Å². The minimum Gasteiger partial charge on any atom is -0.479 e. The number of nitrogen functional groups attached to an aromatic ring is 1. The molecule has 2 unspecified atom stereocenters. The van der Waals surface area contributed by atoms with Crippen molar-refractivity contribution in [2.75, 3.05) is 23.8 Å². The molecule has 0 aliphatic carbocycles. The predicted octanol–water partition coefficient (Wildman–Crippen LogP) is 1.40. The smallest absolute Gasteiger partial charge is 0.267 e. The molecule has 5 nitrogen and oxygen atoms in total. The van der Waals surface area contributed by atoms with Gasteiger partial charge in [-0.25, -0.2) is 0 Å². The third-order valence-electron chi connectivity index (χ3n) is 3.47. The van der Waals surface area contributed by atoms with Gasteiger partial charge in [0.1, 0.15) is 5.75 Å². The molecule has 1 heterocycles. The molecule has 1 aliphatic rings. The zero-order valence-corrected chi connectivity index (χ0v) is 11.3. The predicted molar refractivity (Wildman–Crippen MR) is 74.2 cm³/mol. The van der Waals surface area contributed by atoms with Gasteiger partial charge in [0, 0.05) is 18.8 Å². The van der Waals surface area contributed by atoms with Gasteiger partial charge in [0.2, 0.25) is 0 Å². The van der Waals surface area contributed by atoms with Crippen LogP contribution in [-0.2, 0) is 4.79 Å². The Kier molecular flexibility index (Phi) is 3.95. The summed E-state index contributed by atoms with van der Waals surface area (Å²) >= 11 is 0. The first-order valence-corrected chi connectivity index (χ1v) is 6.55. The number of benzene rings is 1. The summed E-state index contributed by atoms with van der Waals surface area (Å²) in [6.45, 7) is 4.27. The second-order valence-corrected chi connectivity index (χ2v) is 4.89. The van der Waals surface area contributed by atoms with Gasteiger partial charge < -0.3 is 20.5 Å². The van der Waals surface area contributed by atoms with Gasteiger partial charge in [-0.05, 0) is 37.5 Å². The van der Waals surface area contributed by atoms with Crippen LogP contribution in [0, 0.1) is 5.92 Å². The minimum absolute atomic E-state index is 0.0588. The van der Waals surface area contributed by atoms with Gasteiger partial charge in [-0.3, -0.25) is 4.79 Å². The van der Waals surface area contributed by atoms with Crippen LogP contribution in [0.2, 0.25) is 0 Å². The van der Waals surface area contributed by atoms with Gasteiger partial charge in [0.15, 0.2) is 6.10 Å². The van der Waals surface area contributed by atoms with Crippen molar-refractivity contribution >= 4 is 17.3 Å². The third-order valence-corrected chi connectivity index (χ3v) is 3.47. The molecule has 2 rings (SSSR count). The number of carbonyl (C=O) groups excluding carboxylic acids is 1. The van der Waals surface area contributed by atoms with Crippen molar-refractivity contribution in [3.8, 4) is 5.75 Å². The van der Waals surface area contributed by atoms with Crippen molar-refractivity contribution in [3.63, 3.8) is 0 Å². The number of amides is 1. The minimum atomic E-state index is -0.507. The van der Waals surface area contributed by atoms with Crippen molar-refractivity contribution in [2.24, 2.45) is 5.92 Å². The molecule has 0 saturated heterocycles. The maximum atomic E-state index is 12.2. The first-order valence-electron chi connectivity index (χ1n) is 6.55. The Morgan fingerprint density at radius 1 is 1.53 bits per heavy atom. The van der Waals surface area contributed by atoms with Crippen LogP contribution in [0.15, 0.2) is 18.2 Å². The van der Waals surface area contributed by atoms with Crippen molar-refractivity contribution in [1.29, 1.82) is 0 Å². The molecule has 5 heteroatoms. The molecule has 0 aromatic heterocycles. The van der Waals surface area contributed by atoms with E-state index in [1.807, 2.05) is 6.92 Å². The van der Waals surface area contributed by atoms with Gasteiger partial charge >= 0.3 is 0 Å². The number of nitrogens with two attached hydrogens (primary N) is 1. The lowest BCUT2D eigenvalue weighted by Gasteiger charge is -2.34. The second-order valence-electron chi connectivity index (χ2n) is 4.89. The Balaban J connectivity index is 2.35. The van der Waals surface area contributed by atoms with Gasteiger partial charge in [0.05, 0.1) is 5.69 Å². The molecule has 1 aliphatic heterocycles. The maximum absolute atomic E-state index is 12.2. The summed E-state index contributed by atoms with van der Waals surface area (Å²) < 4.78 is 5.57. The van der Waals surface area contributed by atoms with E-state index in [0.717, 1.165) is 6.42 Å². The molecule has 0 fully saturated rings. The first kappa shape index (κ1) is 13.7. The van der Waals surface area contributed by atoms with Gasteiger partial charge in [-0.15, -0.1) is 0 Å². The van der Waals surface area contributed by atoms with E-state index < -0.39 is 6.10 Å². The topological polar surface area (TPSA) is 75.8 Å². The average molecular weight is 264 g/mol. The quantitative estimate of drug-likeness (QED) is 0.806. The number of anilines is 2. The van der Waals surface area contributed by atoms with E-state index in [9.17, 15) is 9.90 Å². The van der Waals surface area contributed by atoms with E-state index in [4.69, 9.17) is 10.5 Å². The highest BCUT2D eigenvalue weighted by atomic mass is 16.5. The fraction of sp³-hybridized carbons (Fsp3) is 0.500. The van der Waals surface area contributed by atoms with E-state index in [0.29, 0.717) is 23.7 Å². The average Bonchev–Trinajstić information content (AvgIpc) is 2.40. The Morgan fingerprint density at radius 3 is 2.89 bits per heavy atom. The van der Waals surface area contributed by atoms with Gasteiger partial charge in [-0.2, -0.15) is 0 Å². The van der Waals surface area contributed by atoms with Crippen LogP contribution in [0.4, 0.5) is 11.4 Å². The third kappa shape index (κ3) is 2.66. The number of nitrogens with zero attached hydrogens (tertiary/aromatic N) is 1. The van der Waals surface area contributed by atoms with E-state index in [1.165, 1.54) is 0 Å². The van der Waals surface area contributed by atoms with Crippen LogP contribution in [0.25, 0.3) is 0 Å². The number of carbonyl (C=O) groups is 1. The van der Waals surface area contributed by atoms with E-state index in [1.54, 1.807) is 30.0 Å². The normalized spacial score (nSPS) is 19.8. The maximum Gasteiger partial charge on any atom is 0.267 e. The van der Waals surface area contributed by atoms with Crippen LogP contribution in [0.5, 0.6) is 5.75 Å². The standard InChI is InChI=1S/C14H20N2O3/c1-3-10(8-17)7-16-12-6-11(15)4-5-13(12)19-9(2)14(16)18/h4-6,9-10,17H,3,7-8,15H2,1-2H3. The summed E-state index contributed by atoms with van der Waals surface area (Å²) in [5.41, 5.74) is 7.06. The molecule has 0 radical (unpaired) electrons. The van der Waals surface area contributed by atoms with Gasteiger partial charge in [-0.1, -0.05) is 6.92 Å². The Hall–Kier alpha value is -1.75. The highest BCUT2D eigenvalue weighted by Gasteiger charge is 2.32. The van der Waals surface area contributed by atoms with E-state index in [2.05, 4.69) is 0 Å². The number of ether oxygens (including phenoxy) is 1. The molecular weight excluding hydrogens is 244 g/mol. The number of fused-ring (bicyclic) bond motifs is 1. The fourth-order valence-corrected chi connectivity index (χ4v) is 2.19. The number of aliphatic hydroxyl groups excluding tert-OH is 1. The summed E-state index contributed by atoms with van der Waals surface area (Å²) in [6, 6.07) is 5.27. The van der Waals surface area contributed by atoms with Crippen LogP contribution < -0.4 is 15.4 Å². The van der Waals surface area contributed by atoms with Crippen molar-refractivity contribution in [3.05, 3.63) is 18.2 Å².